The van der Waals surface area contributed by atoms with Gasteiger partial charge in [0.25, 0.3) is 0 Å². The predicted octanol–water partition coefficient (Wildman–Crippen LogP) is 3.74. The summed E-state index contributed by atoms with van der Waals surface area (Å²) in [5, 5.41) is 6.00. The maximum Gasteiger partial charge on any atom is 0.238 e. The molecule has 2 aliphatic rings. The number of carbonyl (C=O) groups excluding carboxylic acids is 2. The van der Waals surface area contributed by atoms with Crippen LogP contribution < -0.4 is 10.6 Å². The third-order valence-electron chi connectivity index (χ3n) is 6.27. The van der Waals surface area contributed by atoms with E-state index in [1.54, 1.807) is 0 Å². The van der Waals surface area contributed by atoms with Gasteiger partial charge in [-0.3, -0.25) is 19.4 Å². The van der Waals surface area contributed by atoms with Gasteiger partial charge in [-0.05, 0) is 93.7 Å². The van der Waals surface area contributed by atoms with E-state index in [-0.39, 0.29) is 11.8 Å². The van der Waals surface area contributed by atoms with E-state index in [4.69, 9.17) is 0 Å². The molecule has 2 fully saturated rings. The molecule has 0 bridgehead atoms. The summed E-state index contributed by atoms with van der Waals surface area (Å²) in [5.74, 6) is 0.111. The highest BCUT2D eigenvalue weighted by molar-refractivity contribution is 5.92. The Balaban J connectivity index is 1.23. The summed E-state index contributed by atoms with van der Waals surface area (Å²) in [4.78, 5) is 28.9. The standard InChI is InChI=1S/C26H34N4O2/c31-25(19-29-14-2-1-3-15-29)27-23-10-6-21(7-11-23)18-22-8-12-24(13-9-22)28-26(32)20-30-16-4-5-17-30/h6-13H,1-5,14-20H2,(H,27,31)(H,28,32). The minimum Gasteiger partial charge on any atom is -0.325 e. The predicted molar refractivity (Wildman–Crippen MR) is 129 cm³/mol. The van der Waals surface area contributed by atoms with E-state index in [0.29, 0.717) is 13.1 Å². The van der Waals surface area contributed by atoms with E-state index < -0.39 is 0 Å². The van der Waals surface area contributed by atoms with E-state index in [0.717, 1.165) is 44.0 Å². The molecule has 0 unspecified atom stereocenters. The van der Waals surface area contributed by atoms with Gasteiger partial charge in [-0.1, -0.05) is 30.7 Å². The lowest BCUT2D eigenvalue weighted by Crippen LogP contribution is -2.36. The lowest BCUT2D eigenvalue weighted by atomic mass is 10.0. The molecule has 2 heterocycles. The summed E-state index contributed by atoms with van der Waals surface area (Å²) in [6.07, 6.45) is 6.84. The Kier molecular flexibility index (Phi) is 7.91. The summed E-state index contributed by atoms with van der Waals surface area (Å²) < 4.78 is 0. The Labute approximate surface area is 191 Å². The quantitative estimate of drug-likeness (QED) is 0.664. The van der Waals surface area contributed by atoms with Crippen LogP contribution in [0.5, 0.6) is 0 Å². The minimum absolute atomic E-state index is 0.0533. The van der Waals surface area contributed by atoms with Crippen molar-refractivity contribution in [2.24, 2.45) is 0 Å². The van der Waals surface area contributed by atoms with Crippen LogP contribution in [0, 0.1) is 0 Å². The zero-order chi connectivity index (χ0) is 22.2. The highest BCUT2D eigenvalue weighted by atomic mass is 16.2. The van der Waals surface area contributed by atoms with Crippen molar-refractivity contribution in [1.82, 2.24) is 9.80 Å². The molecule has 0 saturated carbocycles. The van der Waals surface area contributed by atoms with Crippen molar-refractivity contribution in [1.29, 1.82) is 0 Å². The molecule has 2 N–H and O–H groups in total. The molecule has 2 aromatic carbocycles. The van der Waals surface area contributed by atoms with Crippen LogP contribution in [0.1, 0.15) is 43.2 Å². The molecule has 2 aromatic rings. The first-order chi connectivity index (χ1) is 15.6. The van der Waals surface area contributed by atoms with Crippen molar-refractivity contribution >= 4 is 23.2 Å². The van der Waals surface area contributed by atoms with Crippen molar-refractivity contribution in [3.05, 3.63) is 59.7 Å². The number of likely N-dealkylation sites (tertiary alicyclic amines) is 2. The van der Waals surface area contributed by atoms with Crippen molar-refractivity contribution < 1.29 is 9.59 Å². The largest absolute Gasteiger partial charge is 0.325 e. The minimum atomic E-state index is 0.0533. The Morgan fingerprint density at radius 2 is 0.969 bits per heavy atom. The van der Waals surface area contributed by atoms with Crippen molar-refractivity contribution in [3.63, 3.8) is 0 Å². The van der Waals surface area contributed by atoms with Crippen molar-refractivity contribution in [2.75, 3.05) is 49.9 Å². The van der Waals surface area contributed by atoms with E-state index in [2.05, 4.69) is 44.7 Å². The number of benzene rings is 2. The fraction of sp³-hybridized carbons (Fsp3) is 0.462. The number of anilines is 2. The van der Waals surface area contributed by atoms with Gasteiger partial charge in [0.05, 0.1) is 13.1 Å². The van der Waals surface area contributed by atoms with E-state index in [9.17, 15) is 9.59 Å². The van der Waals surface area contributed by atoms with Gasteiger partial charge in [-0.25, -0.2) is 0 Å². The second-order valence-corrected chi connectivity index (χ2v) is 8.99. The van der Waals surface area contributed by atoms with Gasteiger partial charge in [0.2, 0.25) is 11.8 Å². The average molecular weight is 435 g/mol. The maximum absolute atomic E-state index is 12.3. The molecule has 4 rings (SSSR count). The molecule has 0 aromatic heterocycles. The molecule has 6 heteroatoms. The van der Waals surface area contributed by atoms with Crippen LogP contribution in [0.3, 0.4) is 0 Å². The highest BCUT2D eigenvalue weighted by Gasteiger charge is 2.15. The van der Waals surface area contributed by atoms with Gasteiger partial charge in [0, 0.05) is 11.4 Å². The zero-order valence-electron chi connectivity index (χ0n) is 18.8. The molecule has 170 valence electrons. The smallest absolute Gasteiger partial charge is 0.238 e. The van der Waals surface area contributed by atoms with Crippen molar-refractivity contribution in [3.8, 4) is 0 Å². The molecule has 2 amide bonds. The molecule has 0 radical (unpaired) electrons. The summed E-state index contributed by atoms with van der Waals surface area (Å²) in [7, 11) is 0. The molecule has 32 heavy (non-hydrogen) atoms. The van der Waals surface area contributed by atoms with Gasteiger partial charge in [0.15, 0.2) is 0 Å². The first-order valence-corrected chi connectivity index (χ1v) is 11.9. The summed E-state index contributed by atoms with van der Waals surface area (Å²) in [6.45, 7) is 5.03. The average Bonchev–Trinajstić information content (AvgIpc) is 3.30. The molecule has 6 nitrogen and oxygen atoms in total. The number of nitrogens with zero attached hydrogens (tertiary/aromatic N) is 2. The van der Waals surface area contributed by atoms with E-state index in [1.165, 1.54) is 43.2 Å². The van der Waals surface area contributed by atoms with Crippen LogP contribution in [0.25, 0.3) is 0 Å². The molecule has 0 aliphatic carbocycles. The van der Waals surface area contributed by atoms with Crippen LogP contribution >= 0.6 is 0 Å². The molecule has 2 aliphatic heterocycles. The second kappa shape index (κ2) is 11.2. The number of piperidine rings is 1. The van der Waals surface area contributed by atoms with Crippen LogP contribution in [-0.2, 0) is 16.0 Å². The summed E-state index contributed by atoms with van der Waals surface area (Å²) >= 11 is 0. The lowest BCUT2D eigenvalue weighted by Gasteiger charge is -2.25. The van der Waals surface area contributed by atoms with Crippen LogP contribution in [0.2, 0.25) is 0 Å². The molecule has 2 saturated heterocycles. The molecule has 0 atom stereocenters. The Hall–Kier alpha value is -2.70. The first kappa shape index (κ1) is 22.5. The van der Waals surface area contributed by atoms with Crippen LogP contribution in [-0.4, -0.2) is 60.9 Å². The summed E-state index contributed by atoms with van der Waals surface area (Å²) in [6, 6.07) is 16.1. The number of hydrogen-bond donors (Lipinski definition) is 2. The fourth-order valence-corrected chi connectivity index (χ4v) is 4.51. The Bertz CT molecular complexity index is 883. The van der Waals surface area contributed by atoms with Gasteiger partial charge in [-0.2, -0.15) is 0 Å². The molecule has 0 spiro atoms. The third-order valence-corrected chi connectivity index (χ3v) is 6.27. The highest BCUT2D eigenvalue weighted by Crippen LogP contribution is 2.17. The Morgan fingerprint density at radius 3 is 1.38 bits per heavy atom. The van der Waals surface area contributed by atoms with Gasteiger partial charge in [-0.15, -0.1) is 0 Å². The van der Waals surface area contributed by atoms with Gasteiger partial charge in [0.1, 0.15) is 0 Å². The maximum atomic E-state index is 12.3. The zero-order valence-corrected chi connectivity index (χ0v) is 18.8. The monoisotopic (exact) mass is 434 g/mol. The Morgan fingerprint density at radius 1 is 0.594 bits per heavy atom. The molecular weight excluding hydrogens is 400 g/mol. The van der Waals surface area contributed by atoms with Crippen LogP contribution in [0.4, 0.5) is 11.4 Å². The van der Waals surface area contributed by atoms with Gasteiger partial charge >= 0.3 is 0 Å². The normalized spacial score (nSPS) is 17.2. The van der Waals surface area contributed by atoms with Crippen molar-refractivity contribution in [2.45, 2.75) is 38.5 Å². The van der Waals surface area contributed by atoms with E-state index >= 15 is 0 Å². The van der Waals surface area contributed by atoms with E-state index in [1.807, 2.05) is 24.3 Å². The third kappa shape index (κ3) is 6.90. The second-order valence-electron chi connectivity index (χ2n) is 8.99. The topological polar surface area (TPSA) is 64.7 Å². The fourth-order valence-electron chi connectivity index (χ4n) is 4.51. The number of carbonyl (C=O) groups is 2. The number of rotatable bonds is 8. The van der Waals surface area contributed by atoms with Gasteiger partial charge < -0.3 is 10.6 Å². The first-order valence-electron chi connectivity index (χ1n) is 11.9. The summed E-state index contributed by atoms with van der Waals surface area (Å²) in [5.41, 5.74) is 4.05. The number of hydrogen-bond acceptors (Lipinski definition) is 4. The SMILES string of the molecule is O=C(CN1CCCCC1)Nc1ccc(Cc2ccc(NC(=O)CN3CCCC3)cc2)cc1. The lowest BCUT2D eigenvalue weighted by molar-refractivity contribution is -0.118. The van der Waals surface area contributed by atoms with Crippen LogP contribution in [0.15, 0.2) is 48.5 Å². The number of nitrogens with one attached hydrogen (secondary N) is 2. The number of amides is 2. The molecular formula is C26H34N4O2.